The predicted octanol–water partition coefficient (Wildman–Crippen LogP) is 0.0377. The first-order chi connectivity index (χ1) is 4.88. The van der Waals surface area contributed by atoms with Crippen molar-refractivity contribution in [1.82, 2.24) is 9.99 Å². The smallest absolute Gasteiger partial charge is 0.301 e. The van der Waals surface area contributed by atoms with Crippen LogP contribution in [-0.4, -0.2) is 16.8 Å². The Hall–Kier alpha value is -1.58. The normalized spacial score (nSPS) is 14.6. The van der Waals surface area contributed by atoms with Crippen LogP contribution < -0.4 is 5.43 Å². The van der Waals surface area contributed by atoms with E-state index in [1.54, 1.807) is 22.9 Å². The van der Waals surface area contributed by atoms with Crippen LogP contribution >= 0.6 is 0 Å². The maximum atomic E-state index is 10.8. The number of nitrogens with zero attached hydrogens (tertiary/aromatic N) is 3. The number of carbonyl (C=O) groups excluding carboxylic acids is 1. The predicted molar refractivity (Wildman–Crippen MR) is 34.8 cm³/mol. The summed E-state index contributed by atoms with van der Waals surface area (Å²) >= 11 is 0. The zero-order valence-corrected chi connectivity index (χ0v) is 5.06. The van der Waals surface area contributed by atoms with Gasteiger partial charge in [-0.05, 0) is 12.1 Å². The average molecular weight is 134 g/mol. The van der Waals surface area contributed by atoms with E-state index in [2.05, 4.69) is 10.5 Å². The minimum absolute atomic E-state index is 0.285. The quantitative estimate of drug-likeness (QED) is 0.494. The van der Waals surface area contributed by atoms with Crippen LogP contribution in [0.1, 0.15) is 10.5 Å². The second-order valence-corrected chi connectivity index (χ2v) is 1.94. The number of aromatic nitrogens is 1. The highest BCUT2D eigenvalue weighted by Gasteiger charge is 2.13. The van der Waals surface area contributed by atoms with Gasteiger partial charge in [-0.2, -0.15) is 0 Å². The van der Waals surface area contributed by atoms with Crippen molar-refractivity contribution in [2.45, 2.75) is 0 Å². The third-order valence-electron chi connectivity index (χ3n) is 1.32. The topological polar surface area (TPSA) is 48.5 Å². The molecule has 49 valence electrons. The molecule has 1 aliphatic heterocycles. The van der Waals surface area contributed by atoms with E-state index in [0.29, 0.717) is 5.69 Å². The molecule has 0 unspecified atom stereocenters. The fourth-order valence-electron chi connectivity index (χ4n) is 0.861. The fraction of sp³-hybridized carbons (Fsp3) is 0. The first-order valence-electron chi connectivity index (χ1n) is 2.83. The lowest BCUT2D eigenvalue weighted by Crippen LogP contribution is -2.20. The lowest BCUT2D eigenvalue weighted by atomic mass is 10.4. The van der Waals surface area contributed by atoms with Crippen molar-refractivity contribution in [2.24, 2.45) is 5.10 Å². The van der Waals surface area contributed by atoms with E-state index in [1.807, 2.05) is 0 Å². The van der Waals surface area contributed by atoms with Crippen molar-refractivity contribution in [3.8, 4) is 0 Å². The maximum absolute atomic E-state index is 10.8. The molecule has 1 aromatic rings. The summed E-state index contributed by atoms with van der Waals surface area (Å²) < 4.78 is 1.63. The number of hydrogen-bond acceptors (Lipinski definition) is 2. The van der Waals surface area contributed by atoms with Crippen molar-refractivity contribution in [3.63, 3.8) is 0 Å². The monoisotopic (exact) mass is 134 g/mol. The van der Waals surface area contributed by atoms with Crippen LogP contribution in [0.2, 0.25) is 0 Å². The molecule has 0 spiro atoms. The summed E-state index contributed by atoms with van der Waals surface area (Å²) in [4.78, 5) is 10.8. The van der Waals surface area contributed by atoms with Crippen LogP contribution in [0.5, 0.6) is 0 Å². The van der Waals surface area contributed by atoms with Gasteiger partial charge in [0.1, 0.15) is 12.0 Å². The highest BCUT2D eigenvalue weighted by Crippen LogP contribution is 2.02. The van der Waals surface area contributed by atoms with E-state index in [0.717, 1.165) is 0 Å². The average Bonchev–Trinajstić information content (AvgIpc) is 2.36. The molecule has 0 bridgehead atoms. The molecule has 10 heavy (non-hydrogen) atoms. The molecule has 4 heteroatoms. The van der Waals surface area contributed by atoms with Gasteiger partial charge >= 0.3 is 5.91 Å². The molecule has 2 rings (SSSR count). The molecule has 1 aromatic heterocycles. The lowest BCUT2D eigenvalue weighted by molar-refractivity contribution is 0.0940. The van der Waals surface area contributed by atoms with Crippen LogP contribution in [0.3, 0.4) is 0 Å². The number of hydrogen-bond donors (Lipinski definition) is 0. The van der Waals surface area contributed by atoms with Crippen LogP contribution in [0.15, 0.2) is 23.4 Å². The van der Waals surface area contributed by atoms with Crippen molar-refractivity contribution in [1.29, 1.82) is 0 Å². The maximum Gasteiger partial charge on any atom is 0.312 e. The summed E-state index contributed by atoms with van der Waals surface area (Å²) in [6, 6.07) is 3.48. The molecule has 0 atom stereocenters. The van der Waals surface area contributed by atoms with E-state index in [4.69, 9.17) is 0 Å². The number of carbonyl (C=O) groups is 1. The SMILES string of the molecule is O=C1[N]N=Cn2cccc21. The molecule has 1 amide bonds. The molecule has 0 N–H and O–H groups in total. The minimum atomic E-state index is -0.285. The molecule has 4 nitrogen and oxygen atoms in total. The Morgan fingerprint density at radius 1 is 1.50 bits per heavy atom. The zero-order chi connectivity index (χ0) is 6.97. The Kier molecular flexibility index (Phi) is 0.887. The molecule has 1 radical (unpaired) electrons. The summed E-state index contributed by atoms with van der Waals surface area (Å²) in [5, 5.41) is 3.49. The molecule has 0 saturated carbocycles. The fourth-order valence-corrected chi connectivity index (χ4v) is 0.861. The van der Waals surface area contributed by atoms with Gasteiger partial charge in [0.2, 0.25) is 0 Å². The molecule has 0 saturated heterocycles. The zero-order valence-electron chi connectivity index (χ0n) is 5.06. The van der Waals surface area contributed by atoms with Crippen LogP contribution in [0, 0.1) is 0 Å². The van der Waals surface area contributed by atoms with Gasteiger partial charge in [0.05, 0.1) is 0 Å². The molecule has 1 aliphatic rings. The summed E-state index contributed by atoms with van der Waals surface area (Å²) in [6.45, 7) is 0. The van der Waals surface area contributed by atoms with Crippen LogP contribution in [-0.2, 0) is 0 Å². The van der Waals surface area contributed by atoms with E-state index in [-0.39, 0.29) is 5.91 Å². The van der Waals surface area contributed by atoms with Gasteiger partial charge in [0.15, 0.2) is 0 Å². The van der Waals surface area contributed by atoms with E-state index in [9.17, 15) is 4.79 Å². The molecule has 0 aromatic carbocycles. The van der Waals surface area contributed by atoms with Crippen molar-refractivity contribution in [3.05, 3.63) is 24.0 Å². The van der Waals surface area contributed by atoms with Gasteiger partial charge < -0.3 is 4.57 Å². The van der Waals surface area contributed by atoms with Crippen molar-refractivity contribution >= 4 is 12.2 Å². The third kappa shape index (κ3) is 0.556. The summed E-state index contributed by atoms with van der Waals surface area (Å²) in [7, 11) is 0. The van der Waals surface area contributed by atoms with Gasteiger partial charge in [-0.3, -0.25) is 4.79 Å². The van der Waals surface area contributed by atoms with E-state index in [1.165, 1.54) is 6.34 Å². The Morgan fingerprint density at radius 2 is 2.40 bits per heavy atom. The molecule has 0 fully saturated rings. The second kappa shape index (κ2) is 1.70. The van der Waals surface area contributed by atoms with Crippen molar-refractivity contribution in [2.75, 3.05) is 0 Å². The molecular formula is C6H4N3O. The highest BCUT2D eigenvalue weighted by atomic mass is 16.2. The minimum Gasteiger partial charge on any atom is -0.301 e. The highest BCUT2D eigenvalue weighted by molar-refractivity contribution is 5.96. The van der Waals surface area contributed by atoms with E-state index >= 15 is 0 Å². The largest absolute Gasteiger partial charge is 0.312 e. The van der Waals surface area contributed by atoms with E-state index < -0.39 is 0 Å². The molecule has 2 heterocycles. The Bertz CT molecular complexity index is 300. The molecule has 0 aliphatic carbocycles. The van der Waals surface area contributed by atoms with Gasteiger partial charge in [0, 0.05) is 6.20 Å². The van der Waals surface area contributed by atoms with Crippen molar-refractivity contribution < 1.29 is 4.79 Å². The summed E-state index contributed by atoms with van der Waals surface area (Å²) in [6.07, 6.45) is 3.25. The van der Waals surface area contributed by atoms with Crippen LogP contribution in [0.4, 0.5) is 0 Å². The van der Waals surface area contributed by atoms with Gasteiger partial charge in [-0.25, -0.2) is 0 Å². The van der Waals surface area contributed by atoms with Gasteiger partial charge in [-0.15, -0.1) is 10.5 Å². The number of fused-ring (bicyclic) bond motifs is 1. The Morgan fingerprint density at radius 3 is 3.20 bits per heavy atom. The van der Waals surface area contributed by atoms with Gasteiger partial charge in [0.25, 0.3) is 0 Å². The Labute approximate surface area is 57.2 Å². The Balaban J connectivity index is 2.62. The first-order valence-corrected chi connectivity index (χ1v) is 2.83. The summed E-state index contributed by atoms with van der Waals surface area (Å²) in [5.74, 6) is -0.285. The van der Waals surface area contributed by atoms with Crippen LogP contribution in [0.25, 0.3) is 0 Å². The third-order valence-corrected chi connectivity index (χ3v) is 1.32. The van der Waals surface area contributed by atoms with Gasteiger partial charge in [-0.1, -0.05) is 0 Å². The standard InChI is InChI=1S/C6H4N3O/c10-6-5-2-1-3-9(5)4-7-8-6/h1-4H. The lowest BCUT2D eigenvalue weighted by Gasteiger charge is -2.03. The summed E-state index contributed by atoms with van der Waals surface area (Å²) in [5.41, 5.74) is 3.92. The number of rotatable bonds is 0. The first kappa shape index (κ1) is 5.22. The second-order valence-electron chi connectivity index (χ2n) is 1.94. The number of amides is 1. The molecular weight excluding hydrogens is 130 g/mol.